The number of amides is 1. The minimum atomic E-state index is -0.0951. The Balaban J connectivity index is 1.62. The van der Waals surface area contributed by atoms with Crippen molar-refractivity contribution in [3.05, 3.63) is 40.5 Å². The van der Waals surface area contributed by atoms with Crippen molar-refractivity contribution in [1.82, 2.24) is 19.7 Å². The molecule has 0 saturated carbocycles. The normalized spacial score (nSPS) is 11.2. The second-order valence-corrected chi connectivity index (χ2v) is 8.69. The van der Waals surface area contributed by atoms with E-state index in [2.05, 4.69) is 77.9 Å². The molecule has 0 bridgehead atoms. The molecule has 8 heteroatoms. The van der Waals surface area contributed by atoms with Crippen LogP contribution in [-0.4, -0.2) is 31.4 Å². The maximum absolute atomic E-state index is 12.4. The van der Waals surface area contributed by atoms with Gasteiger partial charge in [0.05, 0.1) is 11.4 Å². The third-order valence-corrected chi connectivity index (χ3v) is 6.15. The molecule has 0 saturated heterocycles. The zero-order valence-corrected chi connectivity index (χ0v) is 18.4. The maximum Gasteiger partial charge on any atom is 0.236 e. The molecule has 0 spiro atoms. The summed E-state index contributed by atoms with van der Waals surface area (Å²) in [6.45, 7) is 10.4. The standard InChI is InChI=1S/C20H25N5OS2/c1-6-17-23-24-20(25(17)12(2)3)28-11-18(26)22-19-21-16(10-27-19)15-8-7-13(4)14(5)9-15/h7-10,12H,6,11H2,1-5H3,(H,21,22,26). The van der Waals surface area contributed by atoms with E-state index in [1.807, 2.05) is 5.38 Å². The smallest absolute Gasteiger partial charge is 0.236 e. The van der Waals surface area contributed by atoms with Gasteiger partial charge in [-0.3, -0.25) is 4.79 Å². The van der Waals surface area contributed by atoms with Crippen molar-refractivity contribution in [2.45, 2.75) is 52.2 Å². The van der Waals surface area contributed by atoms with Crippen LogP contribution in [0.1, 0.15) is 43.8 Å². The van der Waals surface area contributed by atoms with Gasteiger partial charge in [0.1, 0.15) is 5.82 Å². The lowest BCUT2D eigenvalue weighted by Crippen LogP contribution is -2.15. The van der Waals surface area contributed by atoms with Crippen LogP contribution in [-0.2, 0) is 11.2 Å². The molecule has 0 fully saturated rings. The Morgan fingerprint density at radius 3 is 2.71 bits per heavy atom. The first-order chi connectivity index (χ1) is 13.4. The van der Waals surface area contributed by atoms with Gasteiger partial charge >= 0.3 is 0 Å². The highest BCUT2D eigenvalue weighted by atomic mass is 32.2. The van der Waals surface area contributed by atoms with E-state index in [0.29, 0.717) is 5.13 Å². The van der Waals surface area contributed by atoms with E-state index in [9.17, 15) is 4.79 Å². The van der Waals surface area contributed by atoms with Gasteiger partial charge in [0.25, 0.3) is 0 Å². The second kappa shape index (κ2) is 8.87. The zero-order valence-electron chi connectivity index (χ0n) is 16.8. The van der Waals surface area contributed by atoms with Crippen LogP contribution in [0.3, 0.4) is 0 Å². The number of carbonyl (C=O) groups is 1. The average molecular weight is 416 g/mol. The number of nitrogens with one attached hydrogen (secondary N) is 1. The molecule has 3 rings (SSSR count). The van der Waals surface area contributed by atoms with Crippen LogP contribution in [0.4, 0.5) is 5.13 Å². The molecule has 28 heavy (non-hydrogen) atoms. The number of aryl methyl sites for hydroxylation is 3. The molecule has 0 aliphatic rings. The molecular weight excluding hydrogens is 390 g/mol. The predicted molar refractivity (Wildman–Crippen MR) is 116 cm³/mol. The highest BCUT2D eigenvalue weighted by Crippen LogP contribution is 2.27. The van der Waals surface area contributed by atoms with E-state index in [4.69, 9.17) is 0 Å². The first-order valence-corrected chi connectivity index (χ1v) is 11.1. The van der Waals surface area contributed by atoms with E-state index in [0.717, 1.165) is 28.7 Å². The van der Waals surface area contributed by atoms with Crippen LogP contribution in [0.5, 0.6) is 0 Å². The highest BCUT2D eigenvalue weighted by molar-refractivity contribution is 7.99. The van der Waals surface area contributed by atoms with Crippen LogP contribution >= 0.6 is 23.1 Å². The third kappa shape index (κ3) is 4.62. The average Bonchev–Trinajstić information content (AvgIpc) is 3.29. The van der Waals surface area contributed by atoms with Gasteiger partial charge in [0.15, 0.2) is 10.3 Å². The van der Waals surface area contributed by atoms with Crippen LogP contribution < -0.4 is 5.32 Å². The van der Waals surface area contributed by atoms with Crippen molar-refractivity contribution < 1.29 is 4.79 Å². The Bertz CT molecular complexity index is 977. The van der Waals surface area contributed by atoms with Crippen molar-refractivity contribution in [3.63, 3.8) is 0 Å². The molecular formula is C20H25N5OS2. The fraction of sp³-hybridized carbons (Fsp3) is 0.400. The van der Waals surface area contributed by atoms with E-state index in [1.54, 1.807) is 0 Å². The lowest BCUT2D eigenvalue weighted by molar-refractivity contribution is -0.113. The Kier molecular flexibility index (Phi) is 6.51. The monoisotopic (exact) mass is 415 g/mol. The molecule has 2 heterocycles. The first kappa shape index (κ1) is 20.5. The maximum atomic E-state index is 12.4. The Labute approximate surface area is 173 Å². The van der Waals surface area contributed by atoms with E-state index >= 15 is 0 Å². The van der Waals surface area contributed by atoms with Crippen molar-refractivity contribution in [2.75, 3.05) is 11.1 Å². The number of aromatic nitrogens is 4. The molecule has 1 aromatic carbocycles. The lowest BCUT2D eigenvalue weighted by Gasteiger charge is -2.12. The fourth-order valence-corrected chi connectivity index (χ4v) is 4.44. The van der Waals surface area contributed by atoms with Gasteiger partial charge in [0.2, 0.25) is 5.91 Å². The number of benzene rings is 1. The summed E-state index contributed by atoms with van der Waals surface area (Å²) < 4.78 is 2.08. The van der Waals surface area contributed by atoms with Crippen molar-refractivity contribution >= 4 is 34.1 Å². The third-order valence-electron chi connectivity index (χ3n) is 4.45. The quantitative estimate of drug-likeness (QED) is 0.556. The van der Waals surface area contributed by atoms with Crippen molar-refractivity contribution in [1.29, 1.82) is 0 Å². The summed E-state index contributed by atoms with van der Waals surface area (Å²) >= 11 is 2.83. The topological polar surface area (TPSA) is 72.7 Å². The number of carbonyl (C=O) groups excluding carboxylic acids is 1. The summed E-state index contributed by atoms with van der Waals surface area (Å²) in [4.78, 5) is 16.9. The summed E-state index contributed by atoms with van der Waals surface area (Å²) in [5.74, 6) is 1.12. The van der Waals surface area contributed by atoms with Crippen molar-refractivity contribution in [3.8, 4) is 11.3 Å². The summed E-state index contributed by atoms with van der Waals surface area (Å²) in [6.07, 6.45) is 0.818. The Morgan fingerprint density at radius 2 is 2.04 bits per heavy atom. The molecule has 6 nitrogen and oxygen atoms in total. The summed E-state index contributed by atoms with van der Waals surface area (Å²) in [7, 11) is 0. The first-order valence-electron chi connectivity index (χ1n) is 9.28. The minimum Gasteiger partial charge on any atom is -0.303 e. The molecule has 0 radical (unpaired) electrons. The molecule has 0 aliphatic heterocycles. The lowest BCUT2D eigenvalue weighted by atomic mass is 10.1. The highest BCUT2D eigenvalue weighted by Gasteiger charge is 2.16. The fourth-order valence-electron chi connectivity index (χ4n) is 2.82. The Morgan fingerprint density at radius 1 is 1.25 bits per heavy atom. The number of rotatable bonds is 7. The molecule has 1 N–H and O–H groups in total. The predicted octanol–water partition coefficient (Wildman–Crippen LogP) is 4.89. The van der Waals surface area contributed by atoms with Crippen LogP contribution in [0.25, 0.3) is 11.3 Å². The number of hydrogen-bond acceptors (Lipinski definition) is 6. The number of hydrogen-bond donors (Lipinski definition) is 1. The number of nitrogens with zero attached hydrogens (tertiary/aromatic N) is 4. The summed E-state index contributed by atoms with van der Waals surface area (Å²) in [5, 5.41) is 14.7. The number of anilines is 1. The second-order valence-electron chi connectivity index (χ2n) is 6.89. The summed E-state index contributed by atoms with van der Waals surface area (Å²) in [6, 6.07) is 6.53. The van der Waals surface area contributed by atoms with Gasteiger partial charge in [-0.1, -0.05) is 30.8 Å². The van der Waals surface area contributed by atoms with Crippen LogP contribution in [0.2, 0.25) is 0 Å². The van der Waals surface area contributed by atoms with Gasteiger partial charge < -0.3 is 9.88 Å². The van der Waals surface area contributed by atoms with Gasteiger partial charge in [-0.2, -0.15) is 0 Å². The molecule has 1 amide bonds. The Hall–Kier alpha value is -2.19. The van der Waals surface area contributed by atoms with Crippen LogP contribution in [0.15, 0.2) is 28.7 Å². The molecule has 148 valence electrons. The van der Waals surface area contributed by atoms with E-state index in [1.165, 1.54) is 34.2 Å². The van der Waals surface area contributed by atoms with E-state index < -0.39 is 0 Å². The van der Waals surface area contributed by atoms with E-state index in [-0.39, 0.29) is 17.7 Å². The number of thiazole rings is 1. The zero-order chi connectivity index (χ0) is 20.3. The van der Waals surface area contributed by atoms with Crippen LogP contribution in [0, 0.1) is 13.8 Å². The molecule has 3 aromatic rings. The molecule has 0 atom stereocenters. The molecule has 0 unspecified atom stereocenters. The summed E-state index contributed by atoms with van der Waals surface area (Å²) in [5.41, 5.74) is 4.42. The number of thioether (sulfide) groups is 1. The van der Waals surface area contributed by atoms with Gasteiger partial charge in [-0.15, -0.1) is 21.5 Å². The largest absolute Gasteiger partial charge is 0.303 e. The van der Waals surface area contributed by atoms with Gasteiger partial charge in [0, 0.05) is 23.4 Å². The van der Waals surface area contributed by atoms with Gasteiger partial charge in [-0.05, 0) is 44.9 Å². The molecule has 0 aliphatic carbocycles. The SMILES string of the molecule is CCc1nnc(SCC(=O)Nc2nc(-c3ccc(C)c(C)c3)cs2)n1C(C)C. The molecule has 2 aromatic heterocycles. The van der Waals surface area contributed by atoms with Gasteiger partial charge in [-0.25, -0.2) is 4.98 Å². The van der Waals surface area contributed by atoms with Crippen molar-refractivity contribution in [2.24, 2.45) is 0 Å². The minimum absolute atomic E-state index is 0.0951.